The Morgan fingerprint density at radius 1 is 1.40 bits per heavy atom. The lowest BCUT2D eigenvalue weighted by Crippen LogP contribution is -1.97. The van der Waals surface area contributed by atoms with E-state index >= 15 is 0 Å². The van der Waals surface area contributed by atoms with Gasteiger partial charge in [-0.1, -0.05) is 11.6 Å². The summed E-state index contributed by atoms with van der Waals surface area (Å²) in [5, 5.41) is 9.45. The minimum absolute atomic E-state index is 0.514. The van der Waals surface area contributed by atoms with Gasteiger partial charge in [0.15, 0.2) is 10.4 Å². The fraction of sp³-hybridized carbons (Fsp3) is 0. The molecule has 4 nitrogen and oxygen atoms in total. The number of aromatic nitrogens is 3. The molecule has 20 heavy (non-hydrogen) atoms. The van der Waals surface area contributed by atoms with E-state index in [1.165, 1.54) is 0 Å². The quantitative estimate of drug-likeness (QED) is 0.651. The van der Waals surface area contributed by atoms with Crippen molar-refractivity contribution in [1.29, 1.82) is 5.26 Å². The third kappa shape index (κ3) is 2.14. The number of fused-ring (bicyclic) bond motifs is 1. The van der Waals surface area contributed by atoms with E-state index in [9.17, 15) is 0 Å². The highest BCUT2D eigenvalue weighted by molar-refractivity contribution is 9.10. The second-order valence-electron chi connectivity index (χ2n) is 4.07. The van der Waals surface area contributed by atoms with Gasteiger partial charge in [0.1, 0.15) is 0 Å². The van der Waals surface area contributed by atoms with Crippen LogP contribution in [0.15, 0.2) is 34.9 Å². The van der Waals surface area contributed by atoms with E-state index in [2.05, 4.69) is 32.0 Å². The standard InChI is InChI=1S/C13H6BrClN4S/c14-9-3-7(5-16)1-2-11(9)19-12-10(18-13(19)20)4-8(15)6-17-12/h1-4,6H,(H,18,20). The van der Waals surface area contributed by atoms with Crippen molar-refractivity contribution < 1.29 is 0 Å². The summed E-state index contributed by atoms with van der Waals surface area (Å²) in [7, 11) is 0. The lowest BCUT2D eigenvalue weighted by atomic mass is 10.2. The molecule has 0 fully saturated rings. The zero-order valence-corrected chi connectivity index (χ0v) is 13.1. The van der Waals surface area contributed by atoms with Crippen molar-refractivity contribution in [2.24, 2.45) is 0 Å². The van der Waals surface area contributed by atoms with E-state index in [1.54, 1.807) is 29.0 Å². The summed E-state index contributed by atoms with van der Waals surface area (Å²) in [5.74, 6) is 0. The number of hydrogen-bond donors (Lipinski definition) is 1. The molecule has 2 heterocycles. The van der Waals surface area contributed by atoms with Gasteiger partial charge in [0.25, 0.3) is 0 Å². The molecule has 0 aliphatic heterocycles. The SMILES string of the molecule is N#Cc1ccc(-n2c(=S)[nH]c3cc(Cl)cnc32)c(Br)c1. The van der Waals surface area contributed by atoms with Crippen LogP contribution in [-0.4, -0.2) is 14.5 Å². The molecular formula is C13H6BrClN4S. The number of nitriles is 1. The fourth-order valence-electron chi connectivity index (χ4n) is 1.95. The van der Waals surface area contributed by atoms with Crippen LogP contribution in [0.3, 0.4) is 0 Å². The number of nitrogens with one attached hydrogen (secondary N) is 1. The molecule has 0 saturated heterocycles. The van der Waals surface area contributed by atoms with Gasteiger partial charge in [-0.3, -0.25) is 4.57 Å². The van der Waals surface area contributed by atoms with E-state index in [1.807, 2.05) is 6.07 Å². The molecule has 0 amide bonds. The van der Waals surface area contributed by atoms with Crippen LogP contribution in [0.25, 0.3) is 16.9 Å². The van der Waals surface area contributed by atoms with E-state index in [0.717, 1.165) is 15.7 Å². The number of hydrogen-bond acceptors (Lipinski definition) is 3. The monoisotopic (exact) mass is 364 g/mol. The largest absolute Gasteiger partial charge is 0.329 e. The van der Waals surface area contributed by atoms with Gasteiger partial charge in [0.2, 0.25) is 0 Å². The Labute approximate surface area is 132 Å². The summed E-state index contributed by atoms with van der Waals surface area (Å²) in [5.41, 5.74) is 2.83. The molecule has 1 N–H and O–H groups in total. The van der Waals surface area contributed by atoms with Crippen molar-refractivity contribution in [3.05, 3.63) is 50.3 Å². The van der Waals surface area contributed by atoms with Gasteiger partial charge in [-0.05, 0) is 52.4 Å². The molecule has 7 heteroatoms. The molecule has 2 aromatic heterocycles. The molecule has 0 saturated carbocycles. The molecule has 1 aromatic carbocycles. The predicted octanol–water partition coefficient (Wildman–Crippen LogP) is 4.37. The molecule has 0 aliphatic carbocycles. The van der Waals surface area contributed by atoms with E-state index < -0.39 is 0 Å². The molecule has 3 aromatic rings. The number of rotatable bonds is 1. The number of halogens is 2. The molecule has 0 spiro atoms. The minimum atomic E-state index is 0.514. The van der Waals surface area contributed by atoms with Gasteiger partial charge >= 0.3 is 0 Å². The third-order valence-corrected chi connectivity index (χ3v) is 3.93. The molecule has 0 atom stereocenters. The maximum Gasteiger partial charge on any atom is 0.184 e. The molecule has 0 radical (unpaired) electrons. The first-order valence-corrected chi connectivity index (χ1v) is 7.14. The summed E-state index contributed by atoms with van der Waals surface area (Å²) in [4.78, 5) is 7.38. The number of imidazole rings is 1. The summed E-state index contributed by atoms with van der Waals surface area (Å²) in [6.45, 7) is 0. The fourth-order valence-corrected chi connectivity index (χ4v) is 2.96. The Hall–Kier alpha value is -1.68. The van der Waals surface area contributed by atoms with Crippen molar-refractivity contribution in [3.63, 3.8) is 0 Å². The third-order valence-electron chi connectivity index (χ3n) is 2.81. The lowest BCUT2D eigenvalue weighted by molar-refractivity contribution is 1.04. The van der Waals surface area contributed by atoms with E-state index in [-0.39, 0.29) is 0 Å². The second kappa shape index (κ2) is 5.02. The van der Waals surface area contributed by atoms with Gasteiger partial charge in [-0.15, -0.1) is 0 Å². The first kappa shape index (κ1) is 13.3. The van der Waals surface area contributed by atoms with Gasteiger partial charge < -0.3 is 4.98 Å². The van der Waals surface area contributed by atoms with E-state index in [0.29, 0.717) is 21.0 Å². The zero-order chi connectivity index (χ0) is 14.3. The van der Waals surface area contributed by atoms with Gasteiger partial charge in [0.05, 0.1) is 27.9 Å². The van der Waals surface area contributed by atoms with Crippen LogP contribution in [-0.2, 0) is 0 Å². The minimum Gasteiger partial charge on any atom is -0.329 e. The van der Waals surface area contributed by atoms with Crippen LogP contribution in [0.5, 0.6) is 0 Å². The van der Waals surface area contributed by atoms with Gasteiger partial charge in [-0.2, -0.15) is 5.26 Å². The summed E-state index contributed by atoms with van der Waals surface area (Å²) < 4.78 is 3.08. The first-order chi connectivity index (χ1) is 9.60. The Kier molecular flexibility index (Phi) is 3.34. The normalized spacial score (nSPS) is 10.7. The van der Waals surface area contributed by atoms with Crippen LogP contribution in [0.1, 0.15) is 5.56 Å². The van der Waals surface area contributed by atoms with Crippen LogP contribution < -0.4 is 0 Å². The molecule has 98 valence electrons. The molecule has 0 unspecified atom stereocenters. The summed E-state index contributed by atoms with van der Waals surface area (Å²) in [6.07, 6.45) is 1.57. The smallest absolute Gasteiger partial charge is 0.184 e. The second-order valence-corrected chi connectivity index (χ2v) is 5.75. The highest BCUT2D eigenvalue weighted by Crippen LogP contribution is 2.26. The summed E-state index contributed by atoms with van der Waals surface area (Å²) >= 11 is 14.7. The lowest BCUT2D eigenvalue weighted by Gasteiger charge is -2.06. The van der Waals surface area contributed by atoms with Crippen LogP contribution in [0.4, 0.5) is 0 Å². The molecule has 0 aliphatic rings. The van der Waals surface area contributed by atoms with Crippen LogP contribution in [0.2, 0.25) is 5.02 Å². The van der Waals surface area contributed by atoms with Crippen molar-refractivity contribution in [1.82, 2.24) is 14.5 Å². The Morgan fingerprint density at radius 2 is 2.20 bits per heavy atom. The molecule has 0 bridgehead atoms. The average Bonchev–Trinajstić information content (AvgIpc) is 2.73. The van der Waals surface area contributed by atoms with Crippen molar-refractivity contribution in [2.75, 3.05) is 0 Å². The number of pyridine rings is 1. The number of nitrogens with zero attached hydrogens (tertiary/aromatic N) is 3. The first-order valence-electron chi connectivity index (χ1n) is 5.56. The van der Waals surface area contributed by atoms with Crippen molar-refractivity contribution >= 4 is 50.9 Å². The Morgan fingerprint density at radius 3 is 2.90 bits per heavy atom. The highest BCUT2D eigenvalue weighted by atomic mass is 79.9. The Balaban J connectivity index is 2.33. The number of H-pyrrole nitrogens is 1. The number of benzene rings is 1. The van der Waals surface area contributed by atoms with E-state index in [4.69, 9.17) is 29.1 Å². The topological polar surface area (TPSA) is 57.4 Å². The van der Waals surface area contributed by atoms with Crippen molar-refractivity contribution in [2.45, 2.75) is 0 Å². The van der Waals surface area contributed by atoms with Gasteiger partial charge in [0, 0.05) is 10.7 Å². The highest BCUT2D eigenvalue weighted by Gasteiger charge is 2.11. The van der Waals surface area contributed by atoms with Crippen LogP contribution >= 0.6 is 39.7 Å². The maximum atomic E-state index is 8.91. The van der Waals surface area contributed by atoms with Crippen LogP contribution in [0, 0.1) is 16.1 Å². The molecular weight excluding hydrogens is 360 g/mol. The Bertz CT molecular complexity index is 922. The number of aromatic amines is 1. The maximum absolute atomic E-state index is 8.91. The average molecular weight is 366 g/mol. The summed E-state index contributed by atoms with van der Waals surface area (Å²) in [6, 6.07) is 9.16. The van der Waals surface area contributed by atoms with Crippen molar-refractivity contribution in [3.8, 4) is 11.8 Å². The zero-order valence-electron chi connectivity index (χ0n) is 9.89. The molecule has 3 rings (SSSR count). The van der Waals surface area contributed by atoms with Gasteiger partial charge in [-0.25, -0.2) is 4.98 Å². The predicted molar refractivity (Wildman–Crippen MR) is 83.7 cm³/mol.